The molecule has 0 spiro atoms. The number of imide groups is 1. The highest BCUT2D eigenvalue weighted by molar-refractivity contribution is 6.09. The van der Waals surface area contributed by atoms with E-state index in [9.17, 15) is 24.0 Å². The average Bonchev–Trinajstić information content (AvgIpc) is 2.96. The van der Waals surface area contributed by atoms with Crippen LogP contribution in [0.1, 0.15) is 39.5 Å². The van der Waals surface area contributed by atoms with Gasteiger partial charge in [-0.1, -0.05) is 25.5 Å². The van der Waals surface area contributed by atoms with Gasteiger partial charge >= 0.3 is 5.69 Å². The van der Waals surface area contributed by atoms with Crippen molar-refractivity contribution < 1.29 is 14.4 Å². The first-order valence-corrected chi connectivity index (χ1v) is 10.2. The fourth-order valence-corrected chi connectivity index (χ4v) is 4.08. The monoisotopic (exact) mass is 417 g/mol. The average molecular weight is 417 g/mol. The Morgan fingerprint density at radius 1 is 1.13 bits per heavy atom. The Morgan fingerprint density at radius 3 is 2.27 bits per heavy atom. The first-order valence-electron chi connectivity index (χ1n) is 10.2. The van der Waals surface area contributed by atoms with E-state index >= 15 is 0 Å². The van der Waals surface area contributed by atoms with E-state index in [2.05, 4.69) is 4.98 Å². The van der Waals surface area contributed by atoms with Crippen molar-refractivity contribution in [3.63, 3.8) is 0 Å². The zero-order valence-electron chi connectivity index (χ0n) is 17.2. The number of likely N-dealkylation sites (tertiary alicyclic amines) is 1. The molecule has 10 heteroatoms. The molecule has 162 valence electrons. The van der Waals surface area contributed by atoms with Crippen LogP contribution in [0.4, 0.5) is 11.5 Å². The molecule has 30 heavy (non-hydrogen) atoms. The van der Waals surface area contributed by atoms with Gasteiger partial charge in [-0.3, -0.25) is 33.6 Å². The normalized spacial score (nSPS) is 20.5. The van der Waals surface area contributed by atoms with Crippen LogP contribution in [0.5, 0.6) is 0 Å². The summed E-state index contributed by atoms with van der Waals surface area (Å²) >= 11 is 0. The summed E-state index contributed by atoms with van der Waals surface area (Å²) in [5.41, 5.74) is 4.53. The van der Waals surface area contributed by atoms with Crippen LogP contribution in [0.15, 0.2) is 21.7 Å². The maximum atomic E-state index is 13.0. The van der Waals surface area contributed by atoms with Gasteiger partial charge < -0.3 is 10.6 Å². The lowest BCUT2D eigenvalue weighted by molar-refractivity contribution is -0.143. The number of aromatic nitrogens is 2. The van der Waals surface area contributed by atoms with Gasteiger partial charge in [0, 0.05) is 13.1 Å². The van der Waals surface area contributed by atoms with Crippen LogP contribution in [0.2, 0.25) is 0 Å². The van der Waals surface area contributed by atoms with Crippen molar-refractivity contribution in [2.24, 2.45) is 11.8 Å². The molecule has 1 aromatic rings. The van der Waals surface area contributed by atoms with Crippen molar-refractivity contribution in [3.05, 3.63) is 33.0 Å². The predicted molar refractivity (Wildman–Crippen MR) is 111 cm³/mol. The number of aromatic amines is 1. The van der Waals surface area contributed by atoms with Gasteiger partial charge in [-0.15, -0.1) is 0 Å². The molecule has 1 aromatic heterocycles. The summed E-state index contributed by atoms with van der Waals surface area (Å²) in [5, 5.41) is 0. The number of carbonyl (C=O) groups is 3. The van der Waals surface area contributed by atoms with Crippen LogP contribution < -0.4 is 21.9 Å². The van der Waals surface area contributed by atoms with Crippen LogP contribution in [-0.2, 0) is 20.9 Å². The standard InChI is InChI=1S/C20H27N5O5/c1-3-5-10-24-16(21)15(17(27)22-20(24)30)23(4-2)14(26)11-25-18(28)12-8-6-7-9-13(12)19(25)29/h6-7,12-13H,3-5,8-11,21H2,1-2H3,(H,22,27,30)/t12-,13-/m1/s1. The predicted octanol–water partition coefficient (Wildman–Crippen LogP) is 0.223. The third kappa shape index (κ3) is 3.69. The number of nitrogens with two attached hydrogens (primary N) is 1. The maximum absolute atomic E-state index is 13.0. The number of allylic oxidation sites excluding steroid dienone is 2. The summed E-state index contributed by atoms with van der Waals surface area (Å²) in [6.45, 7) is 3.52. The highest BCUT2D eigenvalue weighted by Gasteiger charge is 2.48. The van der Waals surface area contributed by atoms with Crippen molar-refractivity contribution in [1.29, 1.82) is 0 Å². The number of hydrogen-bond acceptors (Lipinski definition) is 6. The molecule has 3 amide bonds. The smallest absolute Gasteiger partial charge is 0.330 e. The number of likely N-dealkylation sites (N-methyl/N-ethyl adjacent to an activating group) is 1. The second-order valence-electron chi connectivity index (χ2n) is 7.55. The lowest BCUT2D eigenvalue weighted by atomic mass is 9.85. The molecule has 1 fully saturated rings. The second kappa shape index (κ2) is 8.68. The van der Waals surface area contributed by atoms with E-state index in [1.54, 1.807) is 6.92 Å². The molecule has 0 saturated carbocycles. The van der Waals surface area contributed by atoms with Crippen LogP contribution in [0.25, 0.3) is 0 Å². The third-order valence-corrected chi connectivity index (χ3v) is 5.73. The van der Waals surface area contributed by atoms with Gasteiger partial charge in [0.05, 0.1) is 11.8 Å². The van der Waals surface area contributed by atoms with Crippen LogP contribution in [0.3, 0.4) is 0 Å². The molecule has 1 saturated heterocycles. The lowest BCUT2D eigenvalue weighted by Crippen LogP contribution is -2.46. The molecule has 1 aliphatic heterocycles. The zero-order chi connectivity index (χ0) is 22.0. The van der Waals surface area contributed by atoms with E-state index < -0.39 is 35.5 Å². The van der Waals surface area contributed by atoms with Crippen molar-refractivity contribution in [3.8, 4) is 0 Å². The number of carbonyl (C=O) groups excluding carboxylic acids is 3. The van der Waals surface area contributed by atoms with Crippen molar-refractivity contribution in [2.75, 3.05) is 23.7 Å². The molecule has 1 aliphatic carbocycles. The summed E-state index contributed by atoms with van der Waals surface area (Å²) in [6.07, 6.45) is 6.18. The van der Waals surface area contributed by atoms with Gasteiger partial charge in [-0.25, -0.2) is 4.79 Å². The Balaban J connectivity index is 1.89. The van der Waals surface area contributed by atoms with Gasteiger partial charge in [-0.05, 0) is 26.2 Å². The van der Waals surface area contributed by atoms with Crippen molar-refractivity contribution in [2.45, 2.75) is 46.1 Å². The summed E-state index contributed by atoms with van der Waals surface area (Å²) in [7, 11) is 0. The maximum Gasteiger partial charge on any atom is 0.330 e. The Kier molecular flexibility index (Phi) is 6.23. The third-order valence-electron chi connectivity index (χ3n) is 5.73. The van der Waals surface area contributed by atoms with E-state index in [-0.39, 0.29) is 29.9 Å². The molecule has 2 aliphatic rings. The Morgan fingerprint density at radius 2 is 1.73 bits per heavy atom. The molecule has 10 nitrogen and oxygen atoms in total. The minimum absolute atomic E-state index is 0.0860. The lowest BCUT2D eigenvalue weighted by Gasteiger charge is -2.25. The quantitative estimate of drug-likeness (QED) is 0.481. The summed E-state index contributed by atoms with van der Waals surface area (Å²) in [5.74, 6) is -2.32. The fourth-order valence-electron chi connectivity index (χ4n) is 4.08. The van der Waals surface area contributed by atoms with Gasteiger partial charge in [0.2, 0.25) is 17.7 Å². The van der Waals surface area contributed by atoms with Gasteiger partial charge in [0.25, 0.3) is 5.56 Å². The molecule has 0 aromatic carbocycles. The molecule has 0 bridgehead atoms. The first kappa shape index (κ1) is 21.5. The number of hydrogen-bond donors (Lipinski definition) is 2. The van der Waals surface area contributed by atoms with E-state index in [0.29, 0.717) is 25.8 Å². The Bertz CT molecular complexity index is 982. The molecule has 2 atom stereocenters. The van der Waals surface area contributed by atoms with Crippen molar-refractivity contribution in [1.82, 2.24) is 14.5 Å². The molecular formula is C20H27N5O5. The van der Waals surface area contributed by atoms with E-state index in [4.69, 9.17) is 5.73 Å². The molecular weight excluding hydrogens is 390 g/mol. The van der Waals surface area contributed by atoms with Crippen LogP contribution >= 0.6 is 0 Å². The molecule has 3 N–H and O–H groups in total. The Labute approximate surface area is 173 Å². The van der Waals surface area contributed by atoms with E-state index in [0.717, 1.165) is 16.2 Å². The summed E-state index contributed by atoms with van der Waals surface area (Å²) in [6, 6.07) is 0. The number of fused-ring (bicyclic) bond motifs is 1. The summed E-state index contributed by atoms with van der Waals surface area (Å²) in [4.78, 5) is 67.2. The summed E-state index contributed by atoms with van der Waals surface area (Å²) < 4.78 is 1.22. The van der Waals surface area contributed by atoms with Gasteiger partial charge in [-0.2, -0.15) is 0 Å². The van der Waals surface area contributed by atoms with E-state index in [1.165, 1.54) is 4.57 Å². The SMILES string of the molecule is CCCCn1c(N)c(N(CC)C(=O)CN2C(=O)[C@@H]3CC=CC[C@H]3C2=O)c(=O)[nH]c1=O. The number of nitrogens with one attached hydrogen (secondary N) is 1. The highest BCUT2D eigenvalue weighted by atomic mass is 16.2. The van der Waals surface area contributed by atoms with E-state index in [1.807, 2.05) is 19.1 Å². The number of anilines is 2. The molecule has 0 radical (unpaired) electrons. The Hall–Kier alpha value is -3.17. The topological polar surface area (TPSA) is 139 Å². The number of rotatable bonds is 7. The number of nitrogens with zero attached hydrogens (tertiary/aromatic N) is 3. The first-order chi connectivity index (χ1) is 14.3. The zero-order valence-corrected chi connectivity index (χ0v) is 17.2. The number of nitrogen functional groups attached to an aromatic ring is 1. The molecule has 0 unspecified atom stereocenters. The number of unbranched alkanes of at least 4 members (excludes halogenated alkanes) is 1. The van der Waals surface area contributed by atoms with Crippen LogP contribution in [-0.4, -0.2) is 45.3 Å². The largest absolute Gasteiger partial charge is 0.383 e. The minimum atomic E-state index is -0.780. The fraction of sp³-hybridized carbons (Fsp3) is 0.550. The van der Waals surface area contributed by atoms with Crippen molar-refractivity contribution >= 4 is 29.2 Å². The van der Waals surface area contributed by atoms with Gasteiger partial charge in [0.15, 0.2) is 5.69 Å². The van der Waals surface area contributed by atoms with Crippen LogP contribution in [0, 0.1) is 11.8 Å². The minimum Gasteiger partial charge on any atom is -0.383 e. The molecule has 3 rings (SSSR count). The van der Waals surface area contributed by atoms with Gasteiger partial charge in [0.1, 0.15) is 12.4 Å². The second-order valence-corrected chi connectivity index (χ2v) is 7.55. The number of H-pyrrole nitrogens is 1. The molecule has 2 heterocycles. The number of amides is 3. The highest BCUT2D eigenvalue weighted by Crippen LogP contribution is 2.35.